The van der Waals surface area contributed by atoms with Gasteiger partial charge in [-0.1, -0.05) is 18.2 Å². The van der Waals surface area contributed by atoms with Crippen LogP contribution in [0.3, 0.4) is 0 Å². The Morgan fingerprint density at radius 1 is 1.14 bits per heavy atom. The van der Waals surface area contributed by atoms with Gasteiger partial charge in [0.1, 0.15) is 0 Å². The zero-order valence-corrected chi connectivity index (χ0v) is 12.6. The van der Waals surface area contributed by atoms with Gasteiger partial charge in [-0.2, -0.15) is 0 Å². The van der Waals surface area contributed by atoms with E-state index in [0.717, 1.165) is 45.4 Å². The molecule has 0 radical (unpaired) electrons. The van der Waals surface area contributed by atoms with Crippen LogP contribution in [0.2, 0.25) is 0 Å². The number of aliphatic hydroxyl groups is 1. The van der Waals surface area contributed by atoms with Gasteiger partial charge in [0.25, 0.3) is 0 Å². The van der Waals surface area contributed by atoms with E-state index in [-0.39, 0.29) is 5.41 Å². The first kappa shape index (κ1) is 14.8. The number of anilines is 1. The smallest absolute Gasteiger partial charge is 0.0771 e. The SMILES string of the molecule is NCC1(C2(O)CCN(c3ccccc3)CC2)CCCOC1. The van der Waals surface area contributed by atoms with Crippen molar-refractivity contribution in [3.63, 3.8) is 0 Å². The van der Waals surface area contributed by atoms with Crippen LogP contribution in [0.5, 0.6) is 0 Å². The highest BCUT2D eigenvalue weighted by atomic mass is 16.5. The monoisotopic (exact) mass is 290 g/mol. The maximum Gasteiger partial charge on any atom is 0.0771 e. The molecular weight excluding hydrogens is 264 g/mol. The molecular formula is C17H26N2O2. The molecule has 4 nitrogen and oxygen atoms in total. The van der Waals surface area contributed by atoms with Crippen LogP contribution in [-0.2, 0) is 4.74 Å². The fourth-order valence-electron chi connectivity index (χ4n) is 3.87. The molecule has 0 saturated carbocycles. The molecule has 116 valence electrons. The van der Waals surface area contributed by atoms with E-state index in [2.05, 4.69) is 29.2 Å². The largest absolute Gasteiger partial charge is 0.389 e. The summed E-state index contributed by atoms with van der Waals surface area (Å²) in [4.78, 5) is 2.35. The van der Waals surface area contributed by atoms with Crippen molar-refractivity contribution in [1.29, 1.82) is 0 Å². The molecule has 3 N–H and O–H groups in total. The quantitative estimate of drug-likeness (QED) is 0.891. The summed E-state index contributed by atoms with van der Waals surface area (Å²) in [5, 5.41) is 11.2. The summed E-state index contributed by atoms with van der Waals surface area (Å²) >= 11 is 0. The van der Waals surface area contributed by atoms with Gasteiger partial charge in [0.2, 0.25) is 0 Å². The lowest BCUT2D eigenvalue weighted by Crippen LogP contribution is -2.61. The van der Waals surface area contributed by atoms with Gasteiger partial charge in [-0.05, 0) is 37.8 Å². The molecule has 0 amide bonds. The predicted octanol–water partition coefficient (Wildman–Crippen LogP) is 1.77. The summed E-state index contributed by atoms with van der Waals surface area (Å²) < 4.78 is 5.65. The van der Waals surface area contributed by atoms with Crippen LogP contribution >= 0.6 is 0 Å². The van der Waals surface area contributed by atoms with E-state index < -0.39 is 5.60 Å². The third-order valence-electron chi connectivity index (χ3n) is 5.41. The highest BCUT2D eigenvalue weighted by molar-refractivity contribution is 5.46. The van der Waals surface area contributed by atoms with E-state index in [1.54, 1.807) is 0 Å². The second kappa shape index (κ2) is 5.95. The molecule has 2 heterocycles. The summed E-state index contributed by atoms with van der Waals surface area (Å²) in [6, 6.07) is 10.4. The molecule has 3 rings (SSSR count). The predicted molar refractivity (Wildman–Crippen MR) is 84.4 cm³/mol. The van der Waals surface area contributed by atoms with Crippen molar-refractivity contribution in [3.8, 4) is 0 Å². The summed E-state index contributed by atoms with van der Waals surface area (Å²) in [6.45, 7) is 3.67. The summed E-state index contributed by atoms with van der Waals surface area (Å²) in [5.41, 5.74) is 6.34. The molecule has 0 spiro atoms. The van der Waals surface area contributed by atoms with Gasteiger partial charge in [0, 0.05) is 37.3 Å². The molecule has 4 heteroatoms. The second-order valence-electron chi connectivity index (χ2n) is 6.49. The van der Waals surface area contributed by atoms with E-state index >= 15 is 0 Å². The van der Waals surface area contributed by atoms with Crippen molar-refractivity contribution in [1.82, 2.24) is 0 Å². The topological polar surface area (TPSA) is 58.7 Å². The van der Waals surface area contributed by atoms with Crippen LogP contribution in [0.1, 0.15) is 25.7 Å². The van der Waals surface area contributed by atoms with Crippen molar-refractivity contribution in [3.05, 3.63) is 30.3 Å². The van der Waals surface area contributed by atoms with Crippen LogP contribution in [-0.4, -0.2) is 43.6 Å². The highest BCUT2D eigenvalue weighted by Crippen LogP contribution is 2.44. The van der Waals surface area contributed by atoms with E-state index in [0.29, 0.717) is 13.2 Å². The van der Waals surface area contributed by atoms with Gasteiger partial charge in [0.05, 0.1) is 12.2 Å². The van der Waals surface area contributed by atoms with Crippen LogP contribution in [0, 0.1) is 5.41 Å². The lowest BCUT2D eigenvalue weighted by Gasteiger charge is -2.52. The molecule has 2 aliphatic heterocycles. The van der Waals surface area contributed by atoms with Crippen molar-refractivity contribution < 1.29 is 9.84 Å². The first-order chi connectivity index (χ1) is 10.2. The van der Waals surface area contributed by atoms with Gasteiger partial charge in [-0.25, -0.2) is 0 Å². The van der Waals surface area contributed by atoms with Crippen molar-refractivity contribution in [2.24, 2.45) is 11.1 Å². The number of piperidine rings is 1. The van der Waals surface area contributed by atoms with Crippen LogP contribution < -0.4 is 10.6 Å². The summed E-state index contributed by atoms with van der Waals surface area (Å²) in [7, 11) is 0. The van der Waals surface area contributed by atoms with Crippen LogP contribution in [0.15, 0.2) is 30.3 Å². The number of rotatable bonds is 3. The number of ether oxygens (including phenoxy) is 1. The molecule has 1 atom stereocenters. The molecule has 1 unspecified atom stereocenters. The molecule has 1 aromatic rings. The lowest BCUT2D eigenvalue weighted by atomic mass is 9.64. The van der Waals surface area contributed by atoms with Crippen molar-refractivity contribution >= 4 is 5.69 Å². The van der Waals surface area contributed by atoms with E-state index in [9.17, 15) is 5.11 Å². The Labute approximate surface area is 126 Å². The maximum atomic E-state index is 11.2. The van der Waals surface area contributed by atoms with Crippen LogP contribution in [0.25, 0.3) is 0 Å². The van der Waals surface area contributed by atoms with Gasteiger partial charge >= 0.3 is 0 Å². The average Bonchev–Trinajstić information content (AvgIpc) is 2.57. The molecule has 0 bridgehead atoms. The summed E-state index contributed by atoms with van der Waals surface area (Å²) in [5.74, 6) is 0. The van der Waals surface area contributed by atoms with E-state index in [4.69, 9.17) is 10.5 Å². The molecule has 1 aromatic carbocycles. The fraction of sp³-hybridized carbons (Fsp3) is 0.647. The van der Waals surface area contributed by atoms with Gasteiger partial charge in [0.15, 0.2) is 0 Å². The van der Waals surface area contributed by atoms with Crippen LogP contribution in [0.4, 0.5) is 5.69 Å². The zero-order valence-electron chi connectivity index (χ0n) is 12.6. The number of benzene rings is 1. The lowest BCUT2D eigenvalue weighted by molar-refractivity contribution is -0.153. The van der Waals surface area contributed by atoms with E-state index in [1.807, 2.05) is 6.07 Å². The molecule has 2 aliphatic rings. The molecule has 2 fully saturated rings. The third-order valence-corrected chi connectivity index (χ3v) is 5.41. The Balaban J connectivity index is 1.71. The van der Waals surface area contributed by atoms with Gasteiger partial charge in [-0.3, -0.25) is 0 Å². The number of hydrogen-bond acceptors (Lipinski definition) is 4. The molecule has 0 aliphatic carbocycles. The minimum absolute atomic E-state index is 0.256. The first-order valence-corrected chi connectivity index (χ1v) is 7.99. The van der Waals surface area contributed by atoms with Gasteiger partial charge < -0.3 is 20.5 Å². The molecule has 2 saturated heterocycles. The minimum atomic E-state index is -0.687. The molecule has 21 heavy (non-hydrogen) atoms. The first-order valence-electron chi connectivity index (χ1n) is 7.99. The Kier molecular flexibility index (Phi) is 4.20. The number of para-hydroxylation sites is 1. The number of hydrogen-bond donors (Lipinski definition) is 2. The standard InChI is InChI=1S/C17H26N2O2/c18-13-16(7-4-12-21-14-16)17(20)8-10-19(11-9-17)15-5-2-1-3-6-15/h1-3,5-6,20H,4,7-14,18H2. The second-order valence-corrected chi connectivity index (χ2v) is 6.49. The normalized spacial score (nSPS) is 29.3. The maximum absolute atomic E-state index is 11.2. The fourth-order valence-corrected chi connectivity index (χ4v) is 3.87. The Bertz CT molecular complexity index is 449. The van der Waals surface area contributed by atoms with Crippen molar-refractivity contribution in [2.75, 3.05) is 37.7 Å². The van der Waals surface area contributed by atoms with E-state index in [1.165, 1.54) is 5.69 Å². The number of nitrogens with zero attached hydrogens (tertiary/aromatic N) is 1. The highest BCUT2D eigenvalue weighted by Gasteiger charge is 2.51. The van der Waals surface area contributed by atoms with Crippen molar-refractivity contribution in [2.45, 2.75) is 31.3 Å². The minimum Gasteiger partial charge on any atom is -0.389 e. The Morgan fingerprint density at radius 2 is 1.86 bits per heavy atom. The zero-order chi connectivity index (χ0) is 14.8. The van der Waals surface area contributed by atoms with Gasteiger partial charge in [-0.15, -0.1) is 0 Å². The Morgan fingerprint density at radius 3 is 2.43 bits per heavy atom. The third kappa shape index (κ3) is 2.68. The Hall–Kier alpha value is -1.10. The molecule has 0 aromatic heterocycles. The summed E-state index contributed by atoms with van der Waals surface area (Å²) in [6.07, 6.45) is 3.51. The average molecular weight is 290 g/mol. The number of nitrogens with two attached hydrogens (primary N) is 1.